The molecule has 0 aromatic rings. The van der Waals surface area contributed by atoms with Gasteiger partial charge in [0.05, 0.1) is 6.61 Å². The van der Waals surface area contributed by atoms with Crippen molar-refractivity contribution in [2.75, 3.05) is 6.61 Å². The highest BCUT2D eigenvalue weighted by molar-refractivity contribution is 4.39. The SMILES string of the molecule is O[CH]CCO. The van der Waals surface area contributed by atoms with Crippen molar-refractivity contribution in [3.05, 3.63) is 6.61 Å². The van der Waals surface area contributed by atoms with Crippen LogP contribution in [0.4, 0.5) is 0 Å². The topological polar surface area (TPSA) is 40.5 Å². The Morgan fingerprint density at radius 1 is 1.60 bits per heavy atom. The van der Waals surface area contributed by atoms with Crippen LogP contribution in [-0.4, -0.2) is 16.8 Å². The monoisotopic (exact) mass is 75.0 g/mol. The Morgan fingerprint density at radius 3 is 2.20 bits per heavy atom. The van der Waals surface area contributed by atoms with Crippen LogP contribution in [0.5, 0.6) is 0 Å². The van der Waals surface area contributed by atoms with Crippen molar-refractivity contribution >= 4 is 0 Å². The summed E-state index contributed by atoms with van der Waals surface area (Å²) in [5.74, 6) is 0. The van der Waals surface area contributed by atoms with Crippen molar-refractivity contribution in [1.82, 2.24) is 0 Å². The largest absolute Gasteiger partial charge is 0.396 e. The second kappa shape index (κ2) is 3.92. The minimum Gasteiger partial charge on any atom is -0.396 e. The molecule has 0 aromatic carbocycles. The smallest absolute Gasteiger partial charge is 0.0821 e. The standard InChI is InChI=1S/C3H7O2/c4-2-1-3-5/h2,4-5H,1,3H2. The Morgan fingerprint density at radius 2 is 2.20 bits per heavy atom. The molecular formula is C3H7O2. The van der Waals surface area contributed by atoms with Crippen LogP contribution in [0.1, 0.15) is 6.42 Å². The van der Waals surface area contributed by atoms with Crippen molar-refractivity contribution in [3.63, 3.8) is 0 Å². The first-order chi connectivity index (χ1) is 2.41. The van der Waals surface area contributed by atoms with Gasteiger partial charge in [-0.05, 0) is 6.42 Å². The highest BCUT2D eigenvalue weighted by Gasteiger charge is 1.71. The Kier molecular flexibility index (Phi) is 3.86. The van der Waals surface area contributed by atoms with Crippen LogP contribution in [0.2, 0.25) is 0 Å². The summed E-state index contributed by atoms with van der Waals surface area (Å²) in [5.41, 5.74) is 0. The predicted octanol–water partition coefficient (Wildman–Crippen LogP) is -0.0969. The van der Waals surface area contributed by atoms with E-state index in [0.717, 1.165) is 6.61 Å². The van der Waals surface area contributed by atoms with Crippen LogP contribution in [-0.2, 0) is 0 Å². The van der Waals surface area contributed by atoms with Gasteiger partial charge in [0.15, 0.2) is 0 Å². The quantitative estimate of drug-likeness (QED) is 0.481. The zero-order chi connectivity index (χ0) is 4.12. The minimum atomic E-state index is 0.0382. The number of hydrogen-bond acceptors (Lipinski definition) is 2. The molecule has 0 aliphatic carbocycles. The summed E-state index contributed by atoms with van der Waals surface area (Å²) in [6, 6.07) is 0. The van der Waals surface area contributed by atoms with Gasteiger partial charge in [-0.2, -0.15) is 0 Å². The molecule has 0 spiro atoms. The molecule has 0 heterocycles. The van der Waals surface area contributed by atoms with Gasteiger partial charge in [-0.3, -0.25) is 0 Å². The van der Waals surface area contributed by atoms with Gasteiger partial charge >= 0.3 is 0 Å². The first-order valence-corrected chi connectivity index (χ1v) is 1.48. The lowest BCUT2D eigenvalue weighted by Crippen LogP contribution is -1.78. The van der Waals surface area contributed by atoms with E-state index in [1.807, 2.05) is 0 Å². The average molecular weight is 75.1 g/mol. The lowest BCUT2D eigenvalue weighted by atomic mass is 10.5. The highest BCUT2D eigenvalue weighted by Crippen LogP contribution is 1.72. The van der Waals surface area contributed by atoms with Crippen molar-refractivity contribution < 1.29 is 10.2 Å². The molecule has 0 aliphatic rings. The molecule has 1 radical (unpaired) electrons. The van der Waals surface area contributed by atoms with Crippen molar-refractivity contribution in [2.24, 2.45) is 0 Å². The number of aliphatic hydroxyl groups excluding tert-OH is 2. The zero-order valence-electron chi connectivity index (χ0n) is 2.89. The molecule has 0 fully saturated rings. The summed E-state index contributed by atoms with van der Waals surface area (Å²) >= 11 is 0. The Labute approximate surface area is 31.1 Å². The fraction of sp³-hybridized carbons (Fsp3) is 0.667. The molecule has 5 heavy (non-hydrogen) atoms. The molecule has 2 nitrogen and oxygen atoms in total. The van der Waals surface area contributed by atoms with Gasteiger partial charge in [-0.1, -0.05) is 0 Å². The molecule has 0 amide bonds. The summed E-state index contributed by atoms with van der Waals surface area (Å²) < 4.78 is 0. The third-order valence-corrected chi connectivity index (χ3v) is 0.258. The van der Waals surface area contributed by atoms with E-state index in [1.54, 1.807) is 0 Å². The van der Waals surface area contributed by atoms with Crippen LogP contribution in [0, 0.1) is 6.61 Å². The van der Waals surface area contributed by atoms with Gasteiger partial charge in [0, 0.05) is 6.61 Å². The number of rotatable bonds is 2. The van der Waals surface area contributed by atoms with Crippen LogP contribution in [0.15, 0.2) is 0 Å². The normalized spacial score (nSPS) is 8.40. The average Bonchev–Trinajstić information content (AvgIpc) is 1.41. The predicted molar refractivity (Wildman–Crippen MR) is 17.9 cm³/mol. The third kappa shape index (κ3) is 3.92. The third-order valence-electron chi connectivity index (χ3n) is 0.258. The molecule has 0 atom stereocenters. The molecule has 31 valence electrons. The van der Waals surface area contributed by atoms with Crippen LogP contribution in [0.3, 0.4) is 0 Å². The molecule has 0 unspecified atom stereocenters. The second-order valence-corrected chi connectivity index (χ2v) is 0.695. The number of hydrogen-bond donors (Lipinski definition) is 2. The molecular weight excluding hydrogens is 68.0 g/mol. The Balaban J connectivity index is 2.19. The van der Waals surface area contributed by atoms with E-state index in [2.05, 4.69) is 0 Å². The Hall–Kier alpha value is -0.0800. The van der Waals surface area contributed by atoms with Crippen LogP contribution in [0.25, 0.3) is 0 Å². The lowest BCUT2D eigenvalue weighted by Gasteiger charge is -1.78. The van der Waals surface area contributed by atoms with E-state index in [-0.39, 0.29) is 6.61 Å². The highest BCUT2D eigenvalue weighted by atomic mass is 16.3. The van der Waals surface area contributed by atoms with E-state index in [1.165, 1.54) is 0 Å². The zero-order valence-corrected chi connectivity index (χ0v) is 2.89. The summed E-state index contributed by atoms with van der Waals surface area (Å²) in [4.78, 5) is 0. The van der Waals surface area contributed by atoms with Crippen LogP contribution < -0.4 is 0 Å². The molecule has 0 bridgehead atoms. The fourth-order valence-electron chi connectivity index (χ4n) is 0.0577. The van der Waals surface area contributed by atoms with E-state index < -0.39 is 0 Å². The first-order valence-electron chi connectivity index (χ1n) is 1.48. The van der Waals surface area contributed by atoms with Gasteiger partial charge < -0.3 is 10.2 Å². The van der Waals surface area contributed by atoms with Crippen LogP contribution >= 0.6 is 0 Å². The second-order valence-electron chi connectivity index (χ2n) is 0.695. The summed E-state index contributed by atoms with van der Waals surface area (Å²) in [5, 5.41) is 15.7. The summed E-state index contributed by atoms with van der Waals surface area (Å²) in [6.07, 6.45) is 0.375. The molecule has 0 aliphatic heterocycles. The lowest BCUT2D eigenvalue weighted by molar-refractivity contribution is 0.263. The maximum atomic E-state index is 7.88. The minimum absolute atomic E-state index is 0.0382. The van der Waals surface area contributed by atoms with Gasteiger partial charge in [-0.25, -0.2) is 0 Å². The summed E-state index contributed by atoms with van der Waals surface area (Å²) in [7, 11) is 0. The van der Waals surface area contributed by atoms with Crippen molar-refractivity contribution in [1.29, 1.82) is 0 Å². The Bertz CT molecular complexity index is 12.4. The van der Waals surface area contributed by atoms with Crippen molar-refractivity contribution in [2.45, 2.75) is 6.42 Å². The maximum Gasteiger partial charge on any atom is 0.0821 e. The van der Waals surface area contributed by atoms with E-state index in [4.69, 9.17) is 10.2 Å². The molecule has 0 saturated carbocycles. The van der Waals surface area contributed by atoms with Gasteiger partial charge in [0.2, 0.25) is 0 Å². The van der Waals surface area contributed by atoms with Crippen molar-refractivity contribution in [3.8, 4) is 0 Å². The maximum absolute atomic E-state index is 7.88. The first kappa shape index (κ1) is 4.92. The molecule has 0 rings (SSSR count). The van der Waals surface area contributed by atoms with E-state index in [9.17, 15) is 0 Å². The van der Waals surface area contributed by atoms with Gasteiger partial charge in [0.1, 0.15) is 0 Å². The molecule has 0 aromatic heterocycles. The van der Waals surface area contributed by atoms with Gasteiger partial charge in [0.25, 0.3) is 0 Å². The molecule has 2 N–H and O–H groups in total. The van der Waals surface area contributed by atoms with Gasteiger partial charge in [-0.15, -0.1) is 0 Å². The summed E-state index contributed by atoms with van der Waals surface area (Å²) in [6.45, 7) is 0.969. The molecule has 0 saturated heterocycles. The fourth-order valence-corrected chi connectivity index (χ4v) is 0.0577. The van der Waals surface area contributed by atoms with E-state index in [0.29, 0.717) is 6.42 Å². The number of aliphatic hydroxyl groups is 2. The molecule has 2 heteroatoms. The van der Waals surface area contributed by atoms with E-state index >= 15 is 0 Å².